The van der Waals surface area contributed by atoms with Gasteiger partial charge < -0.3 is 15.2 Å². The standard InChI is InChI=1S/C13H18N2O5/c1-9(2)20-7-3-6-14-11-5-4-10(13(16)17)8-12(11)15(18)19/h4-5,8-9,14H,3,6-7H2,1-2H3,(H,16,17). The molecule has 7 heteroatoms. The van der Waals surface area contributed by atoms with E-state index in [2.05, 4.69) is 5.32 Å². The quantitative estimate of drug-likeness (QED) is 0.431. The maximum Gasteiger partial charge on any atom is 0.335 e. The van der Waals surface area contributed by atoms with Crippen molar-refractivity contribution in [2.75, 3.05) is 18.5 Å². The van der Waals surface area contributed by atoms with E-state index in [1.165, 1.54) is 12.1 Å². The van der Waals surface area contributed by atoms with Crippen LogP contribution >= 0.6 is 0 Å². The second-order valence-corrected chi connectivity index (χ2v) is 4.49. The number of aromatic carboxylic acids is 1. The van der Waals surface area contributed by atoms with Crippen LogP contribution in [0.5, 0.6) is 0 Å². The lowest BCUT2D eigenvalue weighted by atomic mass is 10.1. The van der Waals surface area contributed by atoms with E-state index in [-0.39, 0.29) is 17.4 Å². The molecule has 20 heavy (non-hydrogen) atoms. The van der Waals surface area contributed by atoms with Gasteiger partial charge in [0, 0.05) is 19.2 Å². The third kappa shape index (κ3) is 4.85. The van der Waals surface area contributed by atoms with Gasteiger partial charge in [-0.1, -0.05) is 0 Å². The van der Waals surface area contributed by atoms with Crippen LogP contribution in [0.1, 0.15) is 30.6 Å². The minimum absolute atomic E-state index is 0.106. The number of ether oxygens (including phenoxy) is 1. The fraction of sp³-hybridized carbons (Fsp3) is 0.462. The van der Waals surface area contributed by atoms with Crippen LogP contribution in [0.2, 0.25) is 0 Å². The second kappa shape index (κ2) is 7.44. The number of rotatable bonds is 8. The highest BCUT2D eigenvalue weighted by molar-refractivity contribution is 5.89. The fourth-order valence-corrected chi connectivity index (χ4v) is 1.58. The molecule has 2 N–H and O–H groups in total. The van der Waals surface area contributed by atoms with E-state index in [0.29, 0.717) is 25.3 Å². The minimum atomic E-state index is -1.19. The molecule has 1 aromatic rings. The molecule has 0 aliphatic carbocycles. The van der Waals surface area contributed by atoms with Crippen LogP contribution in [0.15, 0.2) is 18.2 Å². The SMILES string of the molecule is CC(C)OCCCNc1ccc(C(=O)O)cc1[N+](=O)[O-]. The molecular formula is C13H18N2O5. The van der Waals surface area contributed by atoms with E-state index >= 15 is 0 Å². The summed E-state index contributed by atoms with van der Waals surface area (Å²) in [5.74, 6) is -1.19. The summed E-state index contributed by atoms with van der Waals surface area (Å²) in [6, 6.07) is 3.79. The van der Waals surface area contributed by atoms with Crippen molar-refractivity contribution in [2.45, 2.75) is 26.4 Å². The zero-order chi connectivity index (χ0) is 15.1. The molecule has 0 heterocycles. The average molecular weight is 282 g/mol. The maximum atomic E-state index is 10.9. The Bertz CT molecular complexity index is 488. The van der Waals surface area contributed by atoms with E-state index in [0.717, 1.165) is 6.07 Å². The largest absolute Gasteiger partial charge is 0.478 e. The molecule has 0 aromatic heterocycles. The Morgan fingerprint density at radius 2 is 2.20 bits per heavy atom. The van der Waals surface area contributed by atoms with Gasteiger partial charge in [0.1, 0.15) is 5.69 Å². The van der Waals surface area contributed by atoms with E-state index in [9.17, 15) is 14.9 Å². The van der Waals surface area contributed by atoms with Crippen LogP contribution in [-0.4, -0.2) is 35.3 Å². The molecule has 0 saturated carbocycles. The maximum absolute atomic E-state index is 10.9. The lowest BCUT2D eigenvalue weighted by molar-refractivity contribution is -0.384. The van der Waals surface area contributed by atoms with Gasteiger partial charge in [0.25, 0.3) is 5.69 Å². The molecule has 7 nitrogen and oxygen atoms in total. The third-order valence-electron chi connectivity index (χ3n) is 2.53. The number of nitrogens with one attached hydrogen (secondary N) is 1. The average Bonchev–Trinajstić information content (AvgIpc) is 2.37. The van der Waals surface area contributed by atoms with Crippen molar-refractivity contribution in [3.63, 3.8) is 0 Å². The van der Waals surface area contributed by atoms with E-state index in [1.807, 2.05) is 13.8 Å². The van der Waals surface area contributed by atoms with Crippen molar-refractivity contribution in [2.24, 2.45) is 0 Å². The van der Waals surface area contributed by atoms with Gasteiger partial charge in [0.2, 0.25) is 0 Å². The van der Waals surface area contributed by atoms with Gasteiger partial charge >= 0.3 is 5.97 Å². The molecule has 0 unspecified atom stereocenters. The Kier molecular flexibility index (Phi) is 5.92. The first-order chi connectivity index (χ1) is 9.41. The van der Waals surface area contributed by atoms with Gasteiger partial charge in [-0.25, -0.2) is 4.79 Å². The molecule has 0 amide bonds. The number of nitrogens with zero attached hydrogens (tertiary/aromatic N) is 1. The first kappa shape index (κ1) is 15.9. The highest BCUT2D eigenvalue weighted by Gasteiger charge is 2.16. The van der Waals surface area contributed by atoms with Crippen molar-refractivity contribution in [1.82, 2.24) is 0 Å². The molecule has 0 bridgehead atoms. The molecular weight excluding hydrogens is 264 g/mol. The topological polar surface area (TPSA) is 102 Å². The number of nitro groups is 1. The van der Waals surface area contributed by atoms with Crippen molar-refractivity contribution < 1.29 is 19.6 Å². The number of hydrogen-bond acceptors (Lipinski definition) is 5. The van der Waals surface area contributed by atoms with Crippen LogP contribution in [0.4, 0.5) is 11.4 Å². The molecule has 1 rings (SSSR count). The highest BCUT2D eigenvalue weighted by Crippen LogP contribution is 2.25. The predicted molar refractivity (Wildman–Crippen MR) is 74.3 cm³/mol. The monoisotopic (exact) mass is 282 g/mol. The van der Waals surface area contributed by atoms with Gasteiger partial charge in [-0.2, -0.15) is 0 Å². The van der Waals surface area contributed by atoms with Crippen molar-refractivity contribution in [1.29, 1.82) is 0 Å². The van der Waals surface area contributed by atoms with Crippen molar-refractivity contribution in [3.8, 4) is 0 Å². The van der Waals surface area contributed by atoms with Gasteiger partial charge in [0.15, 0.2) is 0 Å². The molecule has 0 fully saturated rings. The first-order valence-corrected chi connectivity index (χ1v) is 6.29. The van der Waals surface area contributed by atoms with Gasteiger partial charge in [-0.3, -0.25) is 10.1 Å². The molecule has 0 atom stereocenters. The number of anilines is 1. The highest BCUT2D eigenvalue weighted by atomic mass is 16.6. The second-order valence-electron chi connectivity index (χ2n) is 4.49. The number of carbonyl (C=O) groups is 1. The minimum Gasteiger partial charge on any atom is -0.478 e. The first-order valence-electron chi connectivity index (χ1n) is 6.29. The molecule has 0 spiro atoms. The Labute approximate surface area is 116 Å². The van der Waals surface area contributed by atoms with Crippen LogP contribution in [0.25, 0.3) is 0 Å². The lowest BCUT2D eigenvalue weighted by Gasteiger charge is -2.09. The number of carboxylic acid groups (broad SMARTS) is 1. The summed E-state index contributed by atoms with van der Waals surface area (Å²) in [5.41, 5.74) is -0.0374. The predicted octanol–water partition coefficient (Wildman–Crippen LogP) is 2.52. The number of hydrogen-bond donors (Lipinski definition) is 2. The summed E-state index contributed by atoms with van der Waals surface area (Å²) in [6.07, 6.45) is 0.856. The van der Waals surface area contributed by atoms with Crippen molar-refractivity contribution >= 4 is 17.3 Å². The zero-order valence-electron chi connectivity index (χ0n) is 11.5. The Morgan fingerprint density at radius 3 is 2.75 bits per heavy atom. The van der Waals surface area contributed by atoms with E-state index < -0.39 is 10.9 Å². The smallest absolute Gasteiger partial charge is 0.335 e. The Hall–Kier alpha value is -2.15. The van der Waals surface area contributed by atoms with Crippen LogP contribution in [-0.2, 0) is 4.74 Å². The molecule has 0 saturated heterocycles. The van der Waals surface area contributed by atoms with Gasteiger partial charge in [0.05, 0.1) is 16.6 Å². The summed E-state index contributed by atoms with van der Waals surface area (Å²) in [5, 5.41) is 22.7. The Balaban J connectivity index is 2.65. The van der Waals surface area contributed by atoms with Crippen LogP contribution in [0, 0.1) is 10.1 Å². The number of carboxylic acids is 1. The molecule has 1 aromatic carbocycles. The van der Waals surface area contributed by atoms with Crippen LogP contribution < -0.4 is 5.32 Å². The Morgan fingerprint density at radius 1 is 1.50 bits per heavy atom. The van der Waals surface area contributed by atoms with Crippen LogP contribution in [0.3, 0.4) is 0 Å². The summed E-state index contributed by atoms with van der Waals surface area (Å²) in [4.78, 5) is 21.1. The summed E-state index contributed by atoms with van der Waals surface area (Å²) < 4.78 is 5.36. The summed E-state index contributed by atoms with van der Waals surface area (Å²) >= 11 is 0. The zero-order valence-corrected chi connectivity index (χ0v) is 11.5. The van der Waals surface area contributed by atoms with E-state index in [1.54, 1.807) is 0 Å². The summed E-state index contributed by atoms with van der Waals surface area (Å²) in [6.45, 7) is 4.94. The lowest BCUT2D eigenvalue weighted by Crippen LogP contribution is -2.10. The molecule has 0 radical (unpaired) electrons. The van der Waals surface area contributed by atoms with Crippen molar-refractivity contribution in [3.05, 3.63) is 33.9 Å². The fourth-order valence-electron chi connectivity index (χ4n) is 1.58. The van der Waals surface area contributed by atoms with Gasteiger partial charge in [-0.15, -0.1) is 0 Å². The number of benzene rings is 1. The summed E-state index contributed by atoms with van der Waals surface area (Å²) in [7, 11) is 0. The van der Waals surface area contributed by atoms with Gasteiger partial charge in [-0.05, 0) is 32.4 Å². The third-order valence-corrected chi connectivity index (χ3v) is 2.53. The van der Waals surface area contributed by atoms with E-state index in [4.69, 9.17) is 9.84 Å². The molecule has 0 aliphatic rings. The molecule has 0 aliphatic heterocycles. The number of nitro benzene ring substituents is 1. The normalized spacial score (nSPS) is 10.6. The molecule has 110 valence electrons.